The van der Waals surface area contributed by atoms with Crippen LogP contribution in [0.4, 0.5) is 0 Å². The van der Waals surface area contributed by atoms with Crippen LogP contribution in [0.1, 0.15) is 71.6 Å². The zero-order chi connectivity index (χ0) is 11.2. The van der Waals surface area contributed by atoms with Crippen molar-refractivity contribution in [2.45, 2.75) is 71.6 Å². The van der Waals surface area contributed by atoms with Gasteiger partial charge >= 0.3 is 0 Å². The minimum absolute atomic E-state index is 0.877. The van der Waals surface area contributed by atoms with Gasteiger partial charge in [0.05, 0.1) is 0 Å². The first-order valence-electron chi connectivity index (χ1n) is 7.70. The predicted octanol–water partition coefficient (Wildman–Crippen LogP) is 5.03. The van der Waals surface area contributed by atoms with Crippen molar-refractivity contribution in [2.75, 3.05) is 0 Å². The molecule has 0 heteroatoms. The molecule has 0 amide bonds. The van der Waals surface area contributed by atoms with Crippen LogP contribution in [0.25, 0.3) is 0 Å². The summed E-state index contributed by atoms with van der Waals surface area (Å²) in [5, 5.41) is 0. The number of hydrogen-bond acceptors (Lipinski definition) is 0. The lowest BCUT2D eigenvalue weighted by molar-refractivity contribution is 0.188. The van der Waals surface area contributed by atoms with Crippen LogP contribution >= 0.6 is 0 Å². The average molecular weight is 220 g/mol. The maximum Gasteiger partial charge on any atom is -0.0263 e. The van der Waals surface area contributed by atoms with Gasteiger partial charge in [-0.05, 0) is 67.6 Å². The zero-order valence-corrected chi connectivity index (χ0v) is 11.2. The van der Waals surface area contributed by atoms with Gasteiger partial charge in [0.15, 0.2) is 0 Å². The van der Waals surface area contributed by atoms with Crippen molar-refractivity contribution in [3.8, 4) is 0 Å². The van der Waals surface area contributed by atoms with Crippen LogP contribution in [0, 0.1) is 29.1 Å². The van der Waals surface area contributed by atoms with E-state index in [9.17, 15) is 0 Å². The highest BCUT2D eigenvalue weighted by atomic mass is 14.6. The van der Waals surface area contributed by atoms with Crippen LogP contribution in [0.15, 0.2) is 0 Å². The molecule has 0 radical (unpaired) electrons. The number of hydrogen-bond donors (Lipinski definition) is 0. The Morgan fingerprint density at radius 1 is 1.12 bits per heavy atom. The van der Waals surface area contributed by atoms with Crippen LogP contribution in [0.5, 0.6) is 0 Å². The molecule has 0 nitrogen and oxygen atoms in total. The van der Waals surface area contributed by atoms with E-state index in [-0.39, 0.29) is 0 Å². The van der Waals surface area contributed by atoms with Gasteiger partial charge in [-0.3, -0.25) is 0 Å². The summed E-state index contributed by atoms with van der Waals surface area (Å²) in [5.41, 5.74) is 0.877. The van der Waals surface area contributed by atoms with Gasteiger partial charge in [-0.2, -0.15) is 0 Å². The molecule has 3 rings (SSSR count). The lowest BCUT2D eigenvalue weighted by Crippen LogP contribution is -2.21. The summed E-state index contributed by atoms with van der Waals surface area (Å²) in [5.74, 6) is 4.28. The van der Waals surface area contributed by atoms with Crippen LogP contribution in [0.3, 0.4) is 0 Å². The molecule has 0 heterocycles. The highest BCUT2D eigenvalue weighted by molar-refractivity contribution is 5.07. The smallest absolute Gasteiger partial charge is 0.0263 e. The lowest BCUT2D eigenvalue weighted by Gasteiger charge is -2.32. The SMILES string of the molecule is CC1CCC(C(C)CC23CCCC2C3)CC1. The van der Waals surface area contributed by atoms with E-state index in [0.717, 1.165) is 29.1 Å². The normalized spacial score (nSPS) is 48.8. The maximum atomic E-state index is 2.56. The monoisotopic (exact) mass is 220 g/mol. The van der Waals surface area contributed by atoms with Gasteiger partial charge in [-0.25, -0.2) is 0 Å². The molecule has 0 aromatic heterocycles. The second-order valence-corrected chi connectivity index (χ2v) is 7.36. The van der Waals surface area contributed by atoms with E-state index in [1.807, 2.05) is 0 Å². The summed E-state index contributed by atoms with van der Waals surface area (Å²) in [6.45, 7) is 5.00. The molecule has 0 N–H and O–H groups in total. The van der Waals surface area contributed by atoms with Gasteiger partial charge in [0.2, 0.25) is 0 Å². The van der Waals surface area contributed by atoms with Gasteiger partial charge in [0, 0.05) is 0 Å². The molecule has 0 saturated heterocycles. The van der Waals surface area contributed by atoms with Gasteiger partial charge in [-0.15, -0.1) is 0 Å². The Balaban J connectivity index is 1.51. The lowest BCUT2D eigenvalue weighted by atomic mass is 9.73. The first-order chi connectivity index (χ1) is 7.70. The fourth-order valence-electron chi connectivity index (χ4n) is 4.86. The third-order valence-electron chi connectivity index (χ3n) is 6.18. The first kappa shape index (κ1) is 11.1. The van der Waals surface area contributed by atoms with Crippen LogP contribution < -0.4 is 0 Å². The average Bonchev–Trinajstić information content (AvgIpc) is 2.80. The molecular weight excluding hydrogens is 192 g/mol. The van der Waals surface area contributed by atoms with E-state index in [1.165, 1.54) is 25.7 Å². The highest BCUT2D eigenvalue weighted by Crippen LogP contribution is 2.67. The van der Waals surface area contributed by atoms with Crippen molar-refractivity contribution < 1.29 is 0 Å². The van der Waals surface area contributed by atoms with Crippen LogP contribution in [0.2, 0.25) is 0 Å². The molecule has 0 aliphatic heterocycles. The minimum atomic E-state index is 0.877. The van der Waals surface area contributed by atoms with Crippen molar-refractivity contribution in [3.63, 3.8) is 0 Å². The molecule has 3 atom stereocenters. The van der Waals surface area contributed by atoms with Crippen molar-refractivity contribution in [1.29, 1.82) is 0 Å². The van der Waals surface area contributed by atoms with Gasteiger partial charge in [0.1, 0.15) is 0 Å². The quantitative estimate of drug-likeness (QED) is 0.626. The predicted molar refractivity (Wildman–Crippen MR) is 69.3 cm³/mol. The summed E-state index contributed by atoms with van der Waals surface area (Å²) >= 11 is 0. The summed E-state index contributed by atoms with van der Waals surface area (Å²) < 4.78 is 0. The fourth-order valence-corrected chi connectivity index (χ4v) is 4.86. The van der Waals surface area contributed by atoms with Crippen molar-refractivity contribution in [2.24, 2.45) is 29.1 Å². The molecule has 0 aromatic rings. The second kappa shape index (κ2) is 4.03. The second-order valence-electron chi connectivity index (χ2n) is 7.36. The molecule has 0 aromatic carbocycles. The fraction of sp³-hybridized carbons (Fsp3) is 1.00. The summed E-state index contributed by atoms with van der Waals surface area (Å²) in [6, 6.07) is 0. The molecule has 3 aliphatic carbocycles. The van der Waals surface area contributed by atoms with E-state index in [2.05, 4.69) is 13.8 Å². The Morgan fingerprint density at radius 2 is 1.88 bits per heavy atom. The maximum absolute atomic E-state index is 2.56. The molecule has 3 unspecified atom stereocenters. The molecular formula is C16H28. The van der Waals surface area contributed by atoms with Gasteiger partial charge in [0.25, 0.3) is 0 Å². The Labute approximate surface area is 101 Å². The van der Waals surface area contributed by atoms with E-state index in [0.29, 0.717) is 0 Å². The Kier molecular flexibility index (Phi) is 2.80. The van der Waals surface area contributed by atoms with Crippen LogP contribution in [-0.4, -0.2) is 0 Å². The number of rotatable bonds is 3. The van der Waals surface area contributed by atoms with E-state index in [1.54, 1.807) is 32.1 Å². The molecule has 0 spiro atoms. The molecule has 3 aliphatic rings. The Bertz CT molecular complexity index is 249. The molecule has 0 bridgehead atoms. The Hall–Kier alpha value is 0. The van der Waals surface area contributed by atoms with Crippen molar-refractivity contribution in [1.82, 2.24) is 0 Å². The van der Waals surface area contributed by atoms with Gasteiger partial charge in [-0.1, -0.05) is 33.1 Å². The largest absolute Gasteiger partial charge is 0.0625 e. The zero-order valence-electron chi connectivity index (χ0n) is 11.2. The highest BCUT2D eigenvalue weighted by Gasteiger charge is 2.56. The summed E-state index contributed by atoms with van der Waals surface area (Å²) in [7, 11) is 0. The first-order valence-corrected chi connectivity index (χ1v) is 7.70. The third-order valence-corrected chi connectivity index (χ3v) is 6.18. The number of fused-ring (bicyclic) bond motifs is 1. The van der Waals surface area contributed by atoms with E-state index in [4.69, 9.17) is 0 Å². The molecule has 3 saturated carbocycles. The molecule has 16 heavy (non-hydrogen) atoms. The summed E-state index contributed by atoms with van der Waals surface area (Å²) in [6.07, 6.45) is 13.9. The van der Waals surface area contributed by atoms with Gasteiger partial charge < -0.3 is 0 Å². The van der Waals surface area contributed by atoms with Crippen molar-refractivity contribution in [3.05, 3.63) is 0 Å². The third kappa shape index (κ3) is 1.93. The summed E-state index contributed by atoms with van der Waals surface area (Å²) in [4.78, 5) is 0. The van der Waals surface area contributed by atoms with E-state index >= 15 is 0 Å². The molecule has 92 valence electrons. The van der Waals surface area contributed by atoms with Crippen molar-refractivity contribution >= 4 is 0 Å². The Morgan fingerprint density at radius 3 is 2.44 bits per heavy atom. The minimum Gasteiger partial charge on any atom is -0.0625 e. The van der Waals surface area contributed by atoms with Crippen LogP contribution in [-0.2, 0) is 0 Å². The standard InChI is InChI=1S/C16H28/c1-12-5-7-14(8-6-12)13(2)10-16-9-3-4-15(16)11-16/h12-15H,3-11H2,1-2H3. The molecule has 3 fully saturated rings. The van der Waals surface area contributed by atoms with E-state index < -0.39 is 0 Å². The topological polar surface area (TPSA) is 0 Å².